The number of anilines is 1. The van der Waals surface area contributed by atoms with Crippen molar-refractivity contribution in [3.8, 4) is 0 Å². The van der Waals surface area contributed by atoms with Crippen LogP contribution in [0.4, 0.5) is 15.8 Å². The van der Waals surface area contributed by atoms with Crippen LogP contribution >= 0.6 is 11.8 Å². The number of non-ortho nitro benzene ring substituents is 1. The Morgan fingerprint density at radius 2 is 2.04 bits per heavy atom. The van der Waals surface area contributed by atoms with E-state index in [9.17, 15) is 19.3 Å². The molecule has 1 amide bonds. The van der Waals surface area contributed by atoms with E-state index in [0.717, 1.165) is 35.2 Å². The summed E-state index contributed by atoms with van der Waals surface area (Å²) in [5, 5.41) is 13.7. The van der Waals surface area contributed by atoms with Crippen LogP contribution in [0, 0.1) is 22.9 Å². The number of hydrogen-bond donors (Lipinski definition) is 2. The summed E-state index contributed by atoms with van der Waals surface area (Å²) in [4.78, 5) is 29.9. The van der Waals surface area contributed by atoms with Crippen molar-refractivity contribution in [1.82, 2.24) is 9.97 Å². The van der Waals surface area contributed by atoms with E-state index in [1.165, 1.54) is 11.8 Å². The van der Waals surface area contributed by atoms with Crippen molar-refractivity contribution < 1.29 is 14.1 Å². The van der Waals surface area contributed by atoms with Crippen molar-refractivity contribution in [2.75, 3.05) is 11.1 Å². The second-order valence-corrected chi connectivity index (χ2v) is 7.00. The molecule has 0 aliphatic carbocycles. The Kier molecular flexibility index (Phi) is 6.05. The van der Waals surface area contributed by atoms with Gasteiger partial charge in [0.15, 0.2) is 5.16 Å². The molecule has 7 nitrogen and oxygen atoms in total. The molecule has 1 aromatic heterocycles. The van der Waals surface area contributed by atoms with Crippen LogP contribution < -0.4 is 5.32 Å². The highest BCUT2D eigenvalue weighted by Gasteiger charge is 2.14. The number of nitro groups is 1. The van der Waals surface area contributed by atoms with Gasteiger partial charge in [-0.25, -0.2) is 9.37 Å². The number of carbonyl (C=O) groups excluding carboxylic acids is 1. The molecular weight excluding hydrogens is 383 g/mol. The maximum absolute atomic E-state index is 13.8. The molecule has 0 aliphatic heterocycles. The maximum atomic E-state index is 13.8. The van der Waals surface area contributed by atoms with Gasteiger partial charge in [0.25, 0.3) is 5.69 Å². The van der Waals surface area contributed by atoms with E-state index < -0.39 is 16.6 Å². The first-order valence-electron chi connectivity index (χ1n) is 8.38. The molecule has 0 spiro atoms. The molecule has 9 heteroatoms. The predicted molar refractivity (Wildman–Crippen MR) is 105 cm³/mol. The molecule has 3 aromatic rings. The minimum absolute atomic E-state index is 0.0140. The van der Waals surface area contributed by atoms with Gasteiger partial charge in [-0.1, -0.05) is 42.1 Å². The van der Waals surface area contributed by atoms with E-state index in [2.05, 4.69) is 15.3 Å². The molecule has 0 saturated carbocycles. The smallest absolute Gasteiger partial charge is 0.271 e. The van der Waals surface area contributed by atoms with Crippen LogP contribution in [0.15, 0.2) is 53.7 Å². The lowest BCUT2D eigenvalue weighted by molar-refractivity contribution is -0.384. The Bertz CT molecular complexity index is 1010. The van der Waals surface area contributed by atoms with Gasteiger partial charge in [-0.05, 0) is 18.6 Å². The number of rotatable bonds is 7. The molecule has 2 N–H and O–H groups in total. The first kappa shape index (κ1) is 19.6. The number of benzene rings is 2. The first-order valence-corrected chi connectivity index (χ1v) is 9.37. The van der Waals surface area contributed by atoms with Gasteiger partial charge in [0.2, 0.25) is 5.91 Å². The number of hydrogen-bond acceptors (Lipinski definition) is 5. The molecule has 0 unspecified atom stereocenters. The number of carbonyl (C=O) groups is 1. The number of aryl methyl sites for hydroxylation is 1. The third kappa shape index (κ3) is 4.95. The highest BCUT2D eigenvalue weighted by molar-refractivity contribution is 7.99. The average molecular weight is 400 g/mol. The summed E-state index contributed by atoms with van der Waals surface area (Å²) in [7, 11) is 0. The number of halogens is 1. The molecule has 0 fully saturated rings. The molecule has 0 saturated heterocycles. The Morgan fingerprint density at radius 3 is 2.75 bits per heavy atom. The van der Waals surface area contributed by atoms with Crippen LogP contribution in [-0.4, -0.2) is 26.6 Å². The molecule has 0 radical (unpaired) electrons. The maximum Gasteiger partial charge on any atom is 0.271 e. The van der Waals surface area contributed by atoms with Gasteiger partial charge in [-0.15, -0.1) is 0 Å². The minimum atomic E-state index is -0.733. The van der Waals surface area contributed by atoms with Crippen molar-refractivity contribution in [1.29, 1.82) is 0 Å². The molecule has 0 bridgehead atoms. The summed E-state index contributed by atoms with van der Waals surface area (Å²) in [5.41, 5.74) is 2.42. The number of amides is 1. The lowest BCUT2D eigenvalue weighted by atomic mass is 10.1. The summed E-state index contributed by atoms with van der Waals surface area (Å²) in [6.45, 7) is 1.91. The fraction of sp³-hybridized carbons (Fsp3) is 0.158. The average Bonchev–Trinajstić information content (AvgIpc) is 3.02. The molecule has 1 heterocycles. The number of H-pyrrole nitrogens is 1. The van der Waals surface area contributed by atoms with E-state index in [4.69, 9.17) is 0 Å². The number of imidazole rings is 1. The lowest BCUT2D eigenvalue weighted by Crippen LogP contribution is -2.15. The van der Waals surface area contributed by atoms with Gasteiger partial charge in [0, 0.05) is 24.2 Å². The number of nitrogens with one attached hydrogen (secondary N) is 2. The zero-order valence-corrected chi connectivity index (χ0v) is 15.8. The summed E-state index contributed by atoms with van der Waals surface area (Å²) in [5.74, 6) is -1.23. The lowest BCUT2D eigenvalue weighted by Gasteiger charge is -2.05. The number of thioether (sulfide) groups is 1. The topological polar surface area (TPSA) is 101 Å². The van der Waals surface area contributed by atoms with E-state index in [-0.39, 0.29) is 17.1 Å². The third-order valence-corrected chi connectivity index (χ3v) is 4.83. The highest BCUT2D eigenvalue weighted by Crippen LogP contribution is 2.23. The fourth-order valence-electron chi connectivity index (χ4n) is 2.54. The second-order valence-electron chi connectivity index (χ2n) is 6.03. The van der Waals surface area contributed by atoms with Gasteiger partial charge in [0.05, 0.1) is 22.1 Å². The quantitative estimate of drug-likeness (QED) is 0.353. The van der Waals surface area contributed by atoms with Gasteiger partial charge in [-0.3, -0.25) is 14.9 Å². The fourth-order valence-corrected chi connectivity index (χ4v) is 3.28. The van der Waals surface area contributed by atoms with Crippen LogP contribution in [0.1, 0.15) is 17.0 Å². The molecule has 3 rings (SSSR count). The molecular formula is C19H17FN4O3S. The summed E-state index contributed by atoms with van der Waals surface area (Å²) < 4.78 is 13.8. The minimum Gasteiger partial charge on any atom is -0.337 e. The van der Waals surface area contributed by atoms with Crippen molar-refractivity contribution >= 4 is 29.0 Å². The van der Waals surface area contributed by atoms with Gasteiger partial charge < -0.3 is 10.3 Å². The monoisotopic (exact) mass is 400 g/mol. The summed E-state index contributed by atoms with van der Waals surface area (Å²) in [6, 6.07) is 12.9. The third-order valence-electron chi connectivity index (χ3n) is 3.95. The normalized spacial score (nSPS) is 10.6. The van der Waals surface area contributed by atoms with Crippen molar-refractivity contribution in [2.24, 2.45) is 0 Å². The highest BCUT2D eigenvalue weighted by atomic mass is 32.2. The van der Waals surface area contributed by atoms with E-state index in [1.54, 1.807) is 0 Å². The van der Waals surface area contributed by atoms with Crippen LogP contribution in [0.3, 0.4) is 0 Å². The van der Waals surface area contributed by atoms with Crippen LogP contribution in [0.2, 0.25) is 0 Å². The number of nitro benzene ring substituents is 1. The Labute approximate surface area is 164 Å². The standard InChI is InChI=1S/C19H17FN4O3S/c1-12-16(9-13-5-3-2-4-6-13)23-19(21-12)28-11-18(25)22-17-10-14(24(26)27)7-8-15(17)20/h2-8,10H,9,11H2,1H3,(H,21,23)(H,22,25). The SMILES string of the molecule is Cc1[nH]c(SCC(=O)Nc2cc([N+](=O)[O-])ccc2F)nc1Cc1ccccc1. The van der Waals surface area contributed by atoms with Gasteiger partial charge in [-0.2, -0.15) is 0 Å². The van der Waals surface area contributed by atoms with E-state index >= 15 is 0 Å². The summed E-state index contributed by atoms with van der Waals surface area (Å²) in [6.07, 6.45) is 0.675. The Morgan fingerprint density at radius 1 is 1.29 bits per heavy atom. The largest absolute Gasteiger partial charge is 0.337 e. The van der Waals surface area contributed by atoms with Crippen molar-refractivity contribution in [3.05, 3.63) is 81.4 Å². The van der Waals surface area contributed by atoms with Gasteiger partial charge in [0.1, 0.15) is 5.82 Å². The first-order chi connectivity index (χ1) is 13.4. The Balaban J connectivity index is 1.60. The molecule has 0 aliphatic rings. The molecule has 2 aromatic carbocycles. The molecule has 0 atom stereocenters. The van der Waals surface area contributed by atoms with Crippen molar-refractivity contribution in [2.45, 2.75) is 18.5 Å². The second kappa shape index (κ2) is 8.66. The van der Waals surface area contributed by atoms with E-state index in [1.807, 2.05) is 37.3 Å². The number of aromatic amines is 1. The Hall–Kier alpha value is -3.20. The van der Waals surface area contributed by atoms with E-state index in [0.29, 0.717) is 11.6 Å². The number of aromatic nitrogens is 2. The molecule has 28 heavy (non-hydrogen) atoms. The van der Waals surface area contributed by atoms with Gasteiger partial charge >= 0.3 is 0 Å². The summed E-state index contributed by atoms with van der Waals surface area (Å²) >= 11 is 1.17. The zero-order chi connectivity index (χ0) is 20.1. The van der Waals surface area contributed by atoms with Crippen molar-refractivity contribution in [3.63, 3.8) is 0 Å². The zero-order valence-electron chi connectivity index (χ0n) is 14.9. The van der Waals surface area contributed by atoms with Crippen LogP contribution in [0.5, 0.6) is 0 Å². The van der Waals surface area contributed by atoms with Crippen LogP contribution in [0.25, 0.3) is 0 Å². The molecule has 144 valence electrons. The number of nitrogens with zero attached hydrogens (tertiary/aromatic N) is 2. The van der Waals surface area contributed by atoms with Crippen LogP contribution in [-0.2, 0) is 11.2 Å². The predicted octanol–water partition coefficient (Wildman–Crippen LogP) is 4.09.